The highest BCUT2D eigenvalue weighted by Crippen LogP contribution is 2.38. The molecular formula is C13H17NO. The van der Waals surface area contributed by atoms with E-state index < -0.39 is 0 Å². The van der Waals surface area contributed by atoms with Crippen molar-refractivity contribution in [2.24, 2.45) is 5.73 Å². The molecule has 1 heterocycles. The van der Waals surface area contributed by atoms with Gasteiger partial charge in [0.05, 0.1) is 6.61 Å². The Morgan fingerprint density at radius 2 is 2.00 bits per heavy atom. The van der Waals surface area contributed by atoms with Crippen LogP contribution >= 0.6 is 0 Å². The second kappa shape index (κ2) is 3.24. The molecule has 80 valence electrons. The van der Waals surface area contributed by atoms with Gasteiger partial charge >= 0.3 is 0 Å². The lowest BCUT2D eigenvalue weighted by Gasteiger charge is -2.24. The number of benzene rings is 1. The van der Waals surface area contributed by atoms with Crippen LogP contribution in [-0.2, 0) is 12.0 Å². The molecule has 15 heavy (non-hydrogen) atoms. The van der Waals surface area contributed by atoms with Gasteiger partial charge in [-0.2, -0.15) is 0 Å². The molecule has 1 aliphatic heterocycles. The molecule has 0 unspecified atom stereocenters. The lowest BCUT2D eigenvalue weighted by Crippen LogP contribution is -2.33. The highest BCUT2D eigenvalue weighted by molar-refractivity contribution is 5.42. The second-order valence-electron chi connectivity index (χ2n) is 4.78. The van der Waals surface area contributed by atoms with Crippen molar-refractivity contribution in [1.82, 2.24) is 0 Å². The summed E-state index contributed by atoms with van der Waals surface area (Å²) in [7, 11) is 0. The normalized spacial score (nSPS) is 22.5. The highest BCUT2D eigenvalue weighted by atomic mass is 16.5. The van der Waals surface area contributed by atoms with Crippen molar-refractivity contribution in [1.29, 1.82) is 0 Å². The zero-order valence-corrected chi connectivity index (χ0v) is 8.96. The Morgan fingerprint density at radius 3 is 2.80 bits per heavy atom. The van der Waals surface area contributed by atoms with Crippen LogP contribution in [0.1, 0.15) is 36.8 Å². The second-order valence-corrected chi connectivity index (χ2v) is 4.78. The third-order valence-electron chi connectivity index (χ3n) is 3.76. The molecule has 0 bridgehead atoms. The summed E-state index contributed by atoms with van der Waals surface area (Å²) in [6, 6.07) is 6.49. The van der Waals surface area contributed by atoms with Gasteiger partial charge in [0.25, 0.3) is 0 Å². The summed E-state index contributed by atoms with van der Waals surface area (Å²) >= 11 is 0. The van der Waals surface area contributed by atoms with Gasteiger partial charge in [-0.3, -0.25) is 0 Å². The average Bonchev–Trinajstić information content (AvgIpc) is 2.85. The van der Waals surface area contributed by atoms with Gasteiger partial charge in [-0.15, -0.1) is 0 Å². The number of hydrogen-bond acceptors (Lipinski definition) is 2. The van der Waals surface area contributed by atoms with E-state index in [-0.39, 0.29) is 5.54 Å². The van der Waals surface area contributed by atoms with Crippen LogP contribution in [-0.4, -0.2) is 6.61 Å². The molecule has 0 spiro atoms. The predicted molar refractivity (Wildman–Crippen MR) is 60.0 cm³/mol. The van der Waals surface area contributed by atoms with Gasteiger partial charge in [0.15, 0.2) is 0 Å². The van der Waals surface area contributed by atoms with Crippen LogP contribution in [0.3, 0.4) is 0 Å². The molecule has 1 aliphatic carbocycles. The summed E-state index contributed by atoms with van der Waals surface area (Å²) in [5.74, 6) is 1.06. The maximum atomic E-state index is 6.43. The van der Waals surface area contributed by atoms with Crippen LogP contribution < -0.4 is 10.5 Å². The predicted octanol–water partition coefficient (Wildman–Crippen LogP) is 2.35. The first kappa shape index (κ1) is 9.22. The third-order valence-corrected chi connectivity index (χ3v) is 3.76. The number of ether oxygens (including phenoxy) is 1. The van der Waals surface area contributed by atoms with E-state index in [1.807, 2.05) is 0 Å². The van der Waals surface area contributed by atoms with Gasteiger partial charge in [-0.1, -0.05) is 25.0 Å². The first-order valence-corrected chi connectivity index (χ1v) is 5.83. The van der Waals surface area contributed by atoms with Crippen molar-refractivity contribution in [3.63, 3.8) is 0 Å². The zero-order valence-electron chi connectivity index (χ0n) is 8.96. The molecule has 0 aromatic heterocycles. The molecule has 1 saturated carbocycles. The van der Waals surface area contributed by atoms with Crippen LogP contribution in [0.25, 0.3) is 0 Å². The Hall–Kier alpha value is -1.02. The average molecular weight is 203 g/mol. The van der Waals surface area contributed by atoms with Crippen molar-refractivity contribution >= 4 is 0 Å². The van der Waals surface area contributed by atoms with E-state index in [0.717, 1.165) is 31.6 Å². The topological polar surface area (TPSA) is 35.2 Å². The van der Waals surface area contributed by atoms with Crippen LogP contribution in [0.15, 0.2) is 18.2 Å². The fourth-order valence-corrected chi connectivity index (χ4v) is 2.79. The Bertz CT molecular complexity index is 380. The largest absolute Gasteiger partial charge is 0.493 e. The van der Waals surface area contributed by atoms with Crippen LogP contribution in [0.2, 0.25) is 0 Å². The van der Waals surface area contributed by atoms with Crippen LogP contribution in [0, 0.1) is 0 Å². The third kappa shape index (κ3) is 1.44. The SMILES string of the molecule is NC1(c2ccc3c(c2)CCO3)CCCC1. The number of nitrogens with two attached hydrogens (primary N) is 1. The minimum atomic E-state index is -0.0579. The van der Waals surface area contributed by atoms with Crippen molar-refractivity contribution in [2.45, 2.75) is 37.6 Å². The summed E-state index contributed by atoms with van der Waals surface area (Å²) in [5, 5.41) is 0. The summed E-state index contributed by atoms with van der Waals surface area (Å²) in [6.07, 6.45) is 5.84. The van der Waals surface area contributed by atoms with E-state index >= 15 is 0 Å². The molecule has 1 aromatic rings. The van der Waals surface area contributed by atoms with E-state index in [1.165, 1.54) is 24.0 Å². The highest BCUT2D eigenvalue weighted by Gasteiger charge is 2.31. The molecule has 0 amide bonds. The monoisotopic (exact) mass is 203 g/mol. The zero-order chi connectivity index (χ0) is 10.3. The van der Waals surface area contributed by atoms with Gasteiger partial charge < -0.3 is 10.5 Å². The summed E-state index contributed by atoms with van der Waals surface area (Å²) in [5.41, 5.74) is 9.02. The van der Waals surface area contributed by atoms with E-state index in [1.54, 1.807) is 0 Å². The first-order chi connectivity index (χ1) is 7.28. The quantitative estimate of drug-likeness (QED) is 0.760. The molecule has 2 N–H and O–H groups in total. The molecule has 1 fully saturated rings. The molecule has 0 atom stereocenters. The first-order valence-electron chi connectivity index (χ1n) is 5.83. The smallest absolute Gasteiger partial charge is 0.122 e. The van der Waals surface area contributed by atoms with E-state index in [9.17, 15) is 0 Å². The maximum Gasteiger partial charge on any atom is 0.122 e. The van der Waals surface area contributed by atoms with Gasteiger partial charge in [-0.05, 0) is 30.0 Å². The molecule has 3 rings (SSSR count). The van der Waals surface area contributed by atoms with Gasteiger partial charge in [-0.25, -0.2) is 0 Å². The summed E-state index contributed by atoms with van der Waals surface area (Å²) in [4.78, 5) is 0. The van der Waals surface area contributed by atoms with Crippen molar-refractivity contribution in [2.75, 3.05) is 6.61 Å². The number of hydrogen-bond donors (Lipinski definition) is 1. The fraction of sp³-hybridized carbons (Fsp3) is 0.538. The molecule has 0 radical (unpaired) electrons. The van der Waals surface area contributed by atoms with Crippen LogP contribution in [0.5, 0.6) is 5.75 Å². The molecule has 2 nitrogen and oxygen atoms in total. The Labute approximate surface area is 90.4 Å². The number of rotatable bonds is 1. The fourth-order valence-electron chi connectivity index (χ4n) is 2.79. The minimum absolute atomic E-state index is 0.0579. The minimum Gasteiger partial charge on any atom is -0.493 e. The van der Waals surface area contributed by atoms with Crippen molar-refractivity contribution in [3.8, 4) is 5.75 Å². The van der Waals surface area contributed by atoms with E-state index in [4.69, 9.17) is 10.5 Å². The molecular weight excluding hydrogens is 186 g/mol. The van der Waals surface area contributed by atoms with Gasteiger partial charge in [0.1, 0.15) is 5.75 Å². The van der Waals surface area contributed by atoms with Crippen LogP contribution in [0.4, 0.5) is 0 Å². The lowest BCUT2D eigenvalue weighted by molar-refractivity contribution is 0.356. The Morgan fingerprint density at radius 1 is 1.20 bits per heavy atom. The van der Waals surface area contributed by atoms with Crippen molar-refractivity contribution in [3.05, 3.63) is 29.3 Å². The summed E-state index contributed by atoms with van der Waals surface area (Å²) in [6.45, 7) is 0.830. The molecule has 0 saturated heterocycles. The lowest BCUT2D eigenvalue weighted by atomic mass is 9.88. The Balaban J connectivity index is 1.98. The molecule has 1 aromatic carbocycles. The Kier molecular flexibility index (Phi) is 1.99. The molecule has 2 heteroatoms. The number of fused-ring (bicyclic) bond motifs is 1. The van der Waals surface area contributed by atoms with Gasteiger partial charge in [0.2, 0.25) is 0 Å². The maximum absolute atomic E-state index is 6.43. The van der Waals surface area contributed by atoms with Crippen molar-refractivity contribution < 1.29 is 4.74 Å². The summed E-state index contributed by atoms with van der Waals surface area (Å²) < 4.78 is 5.51. The van der Waals surface area contributed by atoms with E-state index in [2.05, 4.69) is 18.2 Å². The van der Waals surface area contributed by atoms with E-state index in [0.29, 0.717) is 0 Å². The standard InChI is InChI=1S/C13H17NO/c14-13(6-1-2-7-13)11-3-4-12-10(9-11)5-8-15-12/h3-4,9H,1-2,5-8,14H2. The van der Waals surface area contributed by atoms with Gasteiger partial charge in [0, 0.05) is 12.0 Å². The molecule has 2 aliphatic rings.